The van der Waals surface area contributed by atoms with Crippen LogP contribution in [0.2, 0.25) is 0 Å². The molecular weight excluding hydrogens is 220 g/mol. The summed E-state index contributed by atoms with van der Waals surface area (Å²) in [4.78, 5) is 26.8. The summed E-state index contributed by atoms with van der Waals surface area (Å²) in [7, 11) is 4.07. The van der Waals surface area contributed by atoms with Gasteiger partial charge in [-0.3, -0.25) is 9.59 Å². The summed E-state index contributed by atoms with van der Waals surface area (Å²) in [5, 5.41) is 0. The molecule has 0 spiro atoms. The van der Waals surface area contributed by atoms with E-state index in [0.29, 0.717) is 6.54 Å². The number of likely N-dealkylation sites (N-methyl/N-ethyl adjacent to an activating group) is 1. The van der Waals surface area contributed by atoms with E-state index in [9.17, 15) is 9.59 Å². The second-order valence-corrected chi connectivity index (χ2v) is 5.20. The van der Waals surface area contributed by atoms with Crippen molar-refractivity contribution >= 4 is 11.7 Å². The third kappa shape index (κ3) is 2.50. The summed E-state index contributed by atoms with van der Waals surface area (Å²) in [5.41, 5.74) is -0.0292. The number of Topliss-reactive ketones (excluding diaryl/α,β-unsaturated/α-hetero) is 1. The zero-order chi connectivity index (χ0) is 12.5. The van der Waals surface area contributed by atoms with Crippen molar-refractivity contribution < 1.29 is 14.3 Å². The van der Waals surface area contributed by atoms with E-state index in [0.717, 1.165) is 26.1 Å². The third-order valence-electron chi connectivity index (χ3n) is 3.93. The lowest BCUT2D eigenvalue weighted by Gasteiger charge is -2.44. The van der Waals surface area contributed by atoms with Gasteiger partial charge in [-0.1, -0.05) is 0 Å². The fourth-order valence-electron chi connectivity index (χ4n) is 2.63. The number of ketones is 1. The summed E-state index contributed by atoms with van der Waals surface area (Å²) in [6.07, 6.45) is 1.91. The molecule has 0 saturated carbocycles. The molecule has 2 heterocycles. The van der Waals surface area contributed by atoms with Crippen LogP contribution in [-0.4, -0.2) is 67.4 Å². The number of carbonyl (C=O) groups excluding carboxylic acids is 2. The Morgan fingerprint density at radius 3 is 2.41 bits per heavy atom. The van der Waals surface area contributed by atoms with Crippen molar-refractivity contribution in [2.24, 2.45) is 0 Å². The van der Waals surface area contributed by atoms with Crippen LogP contribution < -0.4 is 0 Å². The van der Waals surface area contributed by atoms with Gasteiger partial charge < -0.3 is 14.5 Å². The van der Waals surface area contributed by atoms with Gasteiger partial charge in [0.25, 0.3) is 0 Å². The molecule has 0 aromatic rings. The molecule has 0 unspecified atom stereocenters. The smallest absolute Gasteiger partial charge is 0.230 e. The van der Waals surface area contributed by atoms with Crippen LogP contribution in [0.1, 0.15) is 19.3 Å². The molecule has 0 N–H and O–H groups in total. The highest BCUT2D eigenvalue weighted by Crippen LogP contribution is 2.28. The molecule has 0 aromatic carbocycles. The van der Waals surface area contributed by atoms with Gasteiger partial charge in [-0.25, -0.2) is 0 Å². The maximum atomic E-state index is 11.7. The number of nitrogens with zero attached hydrogens (tertiary/aromatic N) is 2. The predicted molar refractivity (Wildman–Crippen MR) is 62.7 cm³/mol. The molecule has 2 fully saturated rings. The number of carbonyl (C=O) groups is 2. The van der Waals surface area contributed by atoms with Crippen molar-refractivity contribution in [3.05, 3.63) is 0 Å². The molecule has 96 valence electrons. The van der Waals surface area contributed by atoms with Gasteiger partial charge in [0.2, 0.25) is 5.91 Å². The minimum absolute atomic E-state index is 0.0253. The number of rotatable bonds is 3. The number of hydrogen-bond acceptors (Lipinski definition) is 4. The van der Waals surface area contributed by atoms with E-state index in [2.05, 4.69) is 4.90 Å². The quantitative estimate of drug-likeness (QED) is 0.646. The first kappa shape index (κ1) is 12.5. The highest BCUT2D eigenvalue weighted by atomic mass is 16.5. The molecule has 0 bridgehead atoms. The first-order valence-electron chi connectivity index (χ1n) is 6.08. The van der Waals surface area contributed by atoms with E-state index in [-0.39, 0.29) is 30.2 Å². The highest BCUT2D eigenvalue weighted by molar-refractivity contribution is 6.05. The fraction of sp³-hybridized carbons (Fsp3) is 0.833. The number of ether oxygens (including phenoxy) is 1. The van der Waals surface area contributed by atoms with E-state index in [1.54, 1.807) is 4.90 Å². The van der Waals surface area contributed by atoms with Crippen LogP contribution in [0.15, 0.2) is 0 Å². The lowest BCUT2D eigenvalue weighted by Crippen LogP contribution is -2.56. The second-order valence-electron chi connectivity index (χ2n) is 5.20. The van der Waals surface area contributed by atoms with Gasteiger partial charge in [0.05, 0.1) is 13.0 Å². The molecule has 1 amide bonds. The van der Waals surface area contributed by atoms with Gasteiger partial charge in [-0.15, -0.1) is 0 Å². The van der Waals surface area contributed by atoms with Gasteiger partial charge in [-0.05, 0) is 26.9 Å². The predicted octanol–water partition coefficient (Wildman–Crippen LogP) is -0.101. The Balaban J connectivity index is 2.07. The molecule has 2 aliphatic heterocycles. The van der Waals surface area contributed by atoms with Gasteiger partial charge >= 0.3 is 0 Å². The lowest BCUT2D eigenvalue weighted by atomic mass is 9.88. The summed E-state index contributed by atoms with van der Waals surface area (Å²) >= 11 is 0. The first-order chi connectivity index (χ1) is 8.03. The molecule has 5 heteroatoms. The fourth-order valence-corrected chi connectivity index (χ4v) is 2.63. The van der Waals surface area contributed by atoms with E-state index < -0.39 is 0 Å². The summed E-state index contributed by atoms with van der Waals surface area (Å²) in [6, 6.07) is 0. The number of amides is 1. The third-order valence-corrected chi connectivity index (χ3v) is 3.93. The molecular formula is C12H20N2O3. The van der Waals surface area contributed by atoms with Crippen molar-refractivity contribution in [2.75, 3.05) is 40.4 Å². The first-order valence-corrected chi connectivity index (χ1v) is 6.08. The van der Waals surface area contributed by atoms with Crippen LogP contribution in [0.25, 0.3) is 0 Å². The molecule has 2 rings (SSSR count). The van der Waals surface area contributed by atoms with Crippen molar-refractivity contribution in [3.63, 3.8) is 0 Å². The van der Waals surface area contributed by atoms with Crippen LogP contribution in [0.5, 0.6) is 0 Å². The molecule has 0 aromatic heterocycles. The summed E-state index contributed by atoms with van der Waals surface area (Å²) < 4.78 is 5.39. The van der Waals surface area contributed by atoms with Gasteiger partial charge in [-0.2, -0.15) is 0 Å². The average Bonchev–Trinajstić information content (AvgIpc) is 2.58. The molecule has 0 aliphatic carbocycles. The summed E-state index contributed by atoms with van der Waals surface area (Å²) in [6.45, 7) is 2.39. The molecule has 0 radical (unpaired) electrons. The van der Waals surface area contributed by atoms with Gasteiger partial charge in [0.15, 0.2) is 5.78 Å². The Bertz CT molecular complexity index is 322. The van der Waals surface area contributed by atoms with E-state index in [1.165, 1.54) is 0 Å². The normalized spacial score (nSPS) is 24.8. The standard InChI is InChI=1S/C12H20N2O3/c1-13(2)12(3-5-17-6-4-12)9-14-8-10(15)7-11(14)16/h3-9H2,1-2H3. The van der Waals surface area contributed by atoms with E-state index >= 15 is 0 Å². The molecule has 17 heavy (non-hydrogen) atoms. The van der Waals surface area contributed by atoms with Crippen LogP contribution >= 0.6 is 0 Å². The molecule has 2 saturated heterocycles. The molecule has 2 aliphatic rings. The Morgan fingerprint density at radius 2 is 1.94 bits per heavy atom. The van der Waals surface area contributed by atoms with Crippen molar-refractivity contribution in [1.82, 2.24) is 9.80 Å². The van der Waals surface area contributed by atoms with Crippen LogP contribution in [0.3, 0.4) is 0 Å². The summed E-state index contributed by atoms with van der Waals surface area (Å²) in [5.74, 6) is 0.0127. The topological polar surface area (TPSA) is 49.9 Å². The maximum absolute atomic E-state index is 11.7. The molecule has 0 atom stereocenters. The van der Waals surface area contributed by atoms with Crippen LogP contribution in [0, 0.1) is 0 Å². The van der Waals surface area contributed by atoms with Crippen molar-refractivity contribution in [3.8, 4) is 0 Å². The highest BCUT2D eigenvalue weighted by Gasteiger charge is 2.40. The number of likely N-dealkylation sites (tertiary alicyclic amines) is 1. The largest absolute Gasteiger partial charge is 0.381 e. The minimum Gasteiger partial charge on any atom is -0.381 e. The lowest BCUT2D eigenvalue weighted by molar-refractivity contribution is -0.130. The van der Waals surface area contributed by atoms with Crippen LogP contribution in [0.4, 0.5) is 0 Å². The van der Waals surface area contributed by atoms with Crippen molar-refractivity contribution in [1.29, 1.82) is 0 Å². The van der Waals surface area contributed by atoms with E-state index in [4.69, 9.17) is 4.74 Å². The maximum Gasteiger partial charge on any atom is 0.230 e. The van der Waals surface area contributed by atoms with Gasteiger partial charge in [0.1, 0.15) is 0 Å². The van der Waals surface area contributed by atoms with Gasteiger partial charge in [0, 0.05) is 25.3 Å². The minimum atomic E-state index is -0.0292. The number of hydrogen-bond donors (Lipinski definition) is 0. The Morgan fingerprint density at radius 1 is 1.29 bits per heavy atom. The van der Waals surface area contributed by atoms with Crippen molar-refractivity contribution in [2.45, 2.75) is 24.8 Å². The average molecular weight is 240 g/mol. The zero-order valence-corrected chi connectivity index (χ0v) is 10.6. The van der Waals surface area contributed by atoms with E-state index in [1.807, 2.05) is 14.1 Å². The Labute approximate surface area is 102 Å². The second kappa shape index (κ2) is 4.74. The zero-order valence-electron chi connectivity index (χ0n) is 10.6. The Hall–Kier alpha value is -0.940. The molecule has 5 nitrogen and oxygen atoms in total. The Kier molecular flexibility index (Phi) is 3.49. The monoisotopic (exact) mass is 240 g/mol. The SMILES string of the molecule is CN(C)C1(CN2CC(=O)CC2=O)CCOCC1. The van der Waals surface area contributed by atoms with Crippen LogP contribution in [-0.2, 0) is 14.3 Å².